The molecule has 0 fully saturated rings. The fourth-order valence-corrected chi connectivity index (χ4v) is 2.90. The van der Waals surface area contributed by atoms with Crippen LogP contribution < -0.4 is 5.32 Å². The van der Waals surface area contributed by atoms with Crippen LogP contribution in [0.3, 0.4) is 0 Å². The Morgan fingerprint density at radius 1 is 0.714 bits per heavy atom. The lowest BCUT2D eigenvalue weighted by Crippen LogP contribution is -2.00. The van der Waals surface area contributed by atoms with Crippen LogP contribution in [0, 0.1) is 0 Å². The van der Waals surface area contributed by atoms with Crippen molar-refractivity contribution in [1.82, 2.24) is 5.32 Å². The first kappa shape index (κ1) is 13.9. The monoisotopic (exact) mass is 276 g/mol. The standard InChI is InChI=1S/C20H22N/c1-2-3-4-7-15-21-20-12-8-11-18-17-10-6-5-9-16(17)13-14-19(18)20/h5-6,8-14H,2-4,7,15H2,1H3. The lowest BCUT2D eigenvalue weighted by Gasteiger charge is -2.09. The molecule has 0 unspecified atom stereocenters. The first-order valence-electron chi connectivity index (χ1n) is 7.98. The number of unbranched alkanes of at least 4 members (excludes halogenated alkanes) is 3. The lowest BCUT2D eigenvalue weighted by atomic mass is 10.0. The van der Waals surface area contributed by atoms with Crippen molar-refractivity contribution in [3.05, 3.63) is 54.6 Å². The van der Waals surface area contributed by atoms with E-state index in [0.29, 0.717) is 0 Å². The van der Waals surface area contributed by atoms with E-state index in [1.165, 1.54) is 47.2 Å². The van der Waals surface area contributed by atoms with Gasteiger partial charge in [-0.05, 0) is 28.6 Å². The van der Waals surface area contributed by atoms with Gasteiger partial charge in [-0.3, -0.25) is 5.32 Å². The normalized spacial score (nSPS) is 11.1. The Bertz CT molecular complexity index is 730. The SMILES string of the molecule is CCCCCC[N]c1cccc2c1ccc1ccccc12. The largest absolute Gasteiger partial charge is 0.285 e. The van der Waals surface area contributed by atoms with E-state index in [-0.39, 0.29) is 0 Å². The first-order chi connectivity index (χ1) is 10.4. The molecular weight excluding hydrogens is 254 g/mol. The van der Waals surface area contributed by atoms with Crippen LogP contribution >= 0.6 is 0 Å². The number of fused-ring (bicyclic) bond motifs is 3. The molecule has 3 aromatic carbocycles. The maximum Gasteiger partial charge on any atom is 0.0652 e. The van der Waals surface area contributed by atoms with Crippen molar-refractivity contribution in [2.75, 3.05) is 6.54 Å². The molecule has 1 heteroatoms. The Kier molecular flexibility index (Phi) is 4.40. The molecule has 0 aliphatic rings. The summed E-state index contributed by atoms with van der Waals surface area (Å²) in [5.41, 5.74) is 1.13. The molecular formula is C20H22N. The summed E-state index contributed by atoms with van der Waals surface area (Å²) in [5, 5.41) is 10.0. The molecule has 0 N–H and O–H groups in total. The lowest BCUT2D eigenvalue weighted by molar-refractivity contribution is 0.645. The average Bonchev–Trinajstić information content (AvgIpc) is 2.54. The van der Waals surface area contributed by atoms with Crippen molar-refractivity contribution in [2.24, 2.45) is 0 Å². The molecule has 0 heterocycles. The molecule has 0 aliphatic carbocycles. The van der Waals surface area contributed by atoms with Gasteiger partial charge in [-0.15, -0.1) is 0 Å². The number of rotatable bonds is 6. The van der Waals surface area contributed by atoms with Crippen LogP contribution in [0.4, 0.5) is 5.69 Å². The molecule has 0 aliphatic heterocycles. The maximum atomic E-state index is 4.81. The highest BCUT2D eigenvalue weighted by atomic mass is 14.9. The Balaban J connectivity index is 1.88. The molecule has 1 nitrogen and oxygen atoms in total. The summed E-state index contributed by atoms with van der Waals surface area (Å²) in [6, 6.07) is 19.4. The van der Waals surface area contributed by atoms with Crippen LogP contribution in [0.15, 0.2) is 54.6 Å². The highest BCUT2D eigenvalue weighted by Gasteiger charge is 2.04. The summed E-state index contributed by atoms with van der Waals surface area (Å²) in [7, 11) is 0. The van der Waals surface area contributed by atoms with E-state index in [9.17, 15) is 0 Å². The second-order valence-corrected chi connectivity index (χ2v) is 5.60. The van der Waals surface area contributed by atoms with Gasteiger partial charge in [-0.2, -0.15) is 0 Å². The molecule has 1 radical (unpaired) electrons. The van der Waals surface area contributed by atoms with E-state index < -0.39 is 0 Å². The fraction of sp³-hybridized carbons (Fsp3) is 0.300. The summed E-state index contributed by atoms with van der Waals surface area (Å²) in [6.45, 7) is 3.18. The second kappa shape index (κ2) is 6.62. The third-order valence-corrected chi connectivity index (χ3v) is 4.06. The molecule has 0 saturated carbocycles. The molecule has 107 valence electrons. The van der Waals surface area contributed by atoms with Crippen LogP contribution in [0.5, 0.6) is 0 Å². The van der Waals surface area contributed by atoms with Gasteiger partial charge in [0.2, 0.25) is 0 Å². The number of benzene rings is 3. The smallest absolute Gasteiger partial charge is 0.0652 e. The minimum atomic E-state index is 0.936. The Labute approximate surface area is 127 Å². The Morgan fingerprint density at radius 3 is 2.48 bits per heavy atom. The molecule has 21 heavy (non-hydrogen) atoms. The summed E-state index contributed by atoms with van der Waals surface area (Å²) in [4.78, 5) is 0. The van der Waals surface area contributed by atoms with E-state index in [0.717, 1.165) is 12.2 Å². The molecule has 0 spiro atoms. The third-order valence-electron chi connectivity index (χ3n) is 4.06. The van der Waals surface area contributed by atoms with Gasteiger partial charge in [0.25, 0.3) is 0 Å². The molecule has 0 aromatic heterocycles. The molecule has 0 amide bonds. The second-order valence-electron chi connectivity index (χ2n) is 5.60. The summed E-state index contributed by atoms with van der Waals surface area (Å²) in [5.74, 6) is 0. The van der Waals surface area contributed by atoms with E-state index in [1.54, 1.807) is 0 Å². The quantitative estimate of drug-likeness (QED) is 0.398. The molecule has 0 saturated heterocycles. The Hall–Kier alpha value is -2.02. The highest BCUT2D eigenvalue weighted by Crippen LogP contribution is 2.30. The van der Waals surface area contributed by atoms with Gasteiger partial charge in [0.05, 0.1) is 5.69 Å². The van der Waals surface area contributed by atoms with Crippen molar-refractivity contribution >= 4 is 27.2 Å². The van der Waals surface area contributed by atoms with Crippen LogP contribution in [0.2, 0.25) is 0 Å². The van der Waals surface area contributed by atoms with Crippen molar-refractivity contribution in [3.63, 3.8) is 0 Å². The molecule has 3 aromatic rings. The maximum absolute atomic E-state index is 4.81. The van der Waals surface area contributed by atoms with Gasteiger partial charge in [-0.1, -0.05) is 74.7 Å². The zero-order valence-corrected chi connectivity index (χ0v) is 12.7. The van der Waals surface area contributed by atoms with Gasteiger partial charge >= 0.3 is 0 Å². The van der Waals surface area contributed by atoms with E-state index >= 15 is 0 Å². The van der Waals surface area contributed by atoms with Crippen molar-refractivity contribution < 1.29 is 0 Å². The highest BCUT2D eigenvalue weighted by molar-refractivity contribution is 6.10. The van der Waals surface area contributed by atoms with Crippen molar-refractivity contribution in [1.29, 1.82) is 0 Å². The number of nitrogens with zero attached hydrogens (tertiary/aromatic N) is 1. The van der Waals surface area contributed by atoms with Crippen LogP contribution in [-0.2, 0) is 0 Å². The van der Waals surface area contributed by atoms with Gasteiger partial charge in [-0.25, -0.2) is 0 Å². The van der Waals surface area contributed by atoms with Gasteiger partial charge < -0.3 is 0 Å². The van der Waals surface area contributed by atoms with Crippen molar-refractivity contribution in [3.8, 4) is 0 Å². The number of hydrogen-bond donors (Lipinski definition) is 0. The van der Waals surface area contributed by atoms with Gasteiger partial charge in [0.1, 0.15) is 0 Å². The predicted octanol–water partition coefficient (Wildman–Crippen LogP) is 5.81. The summed E-state index contributed by atoms with van der Waals surface area (Å²) in [6.07, 6.45) is 5.07. The predicted molar refractivity (Wildman–Crippen MR) is 92.3 cm³/mol. The topological polar surface area (TPSA) is 14.1 Å². The van der Waals surface area contributed by atoms with Crippen molar-refractivity contribution in [2.45, 2.75) is 32.6 Å². The molecule has 3 rings (SSSR count). The van der Waals surface area contributed by atoms with E-state index in [2.05, 4.69) is 61.5 Å². The molecule has 0 bridgehead atoms. The molecule has 0 atom stereocenters. The average molecular weight is 276 g/mol. The van der Waals surface area contributed by atoms with Crippen LogP contribution in [0.1, 0.15) is 32.6 Å². The Morgan fingerprint density at radius 2 is 1.57 bits per heavy atom. The van der Waals surface area contributed by atoms with Gasteiger partial charge in [0.15, 0.2) is 0 Å². The van der Waals surface area contributed by atoms with E-state index in [1.807, 2.05) is 0 Å². The fourth-order valence-electron chi connectivity index (χ4n) is 2.90. The zero-order chi connectivity index (χ0) is 14.5. The van der Waals surface area contributed by atoms with Crippen LogP contribution in [0.25, 0.3) is 21.5 Å². The first-order valence-corrected chi connectivity index (χ1v) is 7.98. The minimum Gasteiger partial charge on any atom is -0.285 e. The minimum absolute atomic E-state index is 0.936. The summed E-state index contributed by atoms with van der Waals surface area (Å²) < 4.78 is 0. The number of hydrogen-bond acceptors (Lipinski definition) is 0. The van der Waals surface area contributed by atoms with Gasteiger partial charge in [0, 0.05) is 11.9 Å². The van der Waals surface area contributed by atoms with E-state index in [4.69, 9.17) is 5.32 Å². The third kappa shape index (κ3) is 3.02. The summed E-state index contributed by atoms with van der Waals surface area (Å²) >= 11 is 0. The zero-order valence-electron chi connectivity index (χ0n) is 12.7. The van der Waals surface area contributed by atoms with Crippen LogP contribution in [-0.4, -0.2) is 6.54 Å².